The highest BCUT2D eigenvalue weighted by Crippen LogP contribution is 2.41. The Hall–Kier alpha value is -0.650. The predicted molar refractivity (Wildman–Crippen MR) is 69.1 cm³/mol. The van der Waals surface area contributed by atoms with Gasteiger partial charge < -0.3 is 9.67 Å². The Morgan fingerprint density at radius 1 is 1.47 bits per heavy atom. The second-order valence-electron chi connectivity index (χ2n) is 4.42. The first kappa shape index (κ1) is 11.4. The van der Waals surface area contributed by atoms with Crippen LogP contribution in [0.1, 0.15) is 18.9 Å². The molecular formula is C11H11BrClN3O. The summed E-state index contributed by atoms with van der Waals surface area (Å²) < 4.78 is 3.05. The van der Waals surface area contributed by atoms with E-state index in [1.807, 2.05) is 6.20 Å². The molecule has 3 rings (SSSR count). The fourth-order valence-electron chi connectivity index (χ4n) is 2.36. The van der Waals surface area contributed by atoms with Crippen LogP contribution in [-0.4, -0.2) is 26.2 Å². The van der Waals surface area contributed by atoms with Crippen molar-refractivity contribution in [3.8, 4) is 0 Å². The number of halogens is 2. The van der Waals surface area contributed by atoms with E-state index in [0.717, 1.165) is 28.3 Å². The summed E-state index contributed by atoms with van der Waals surface area (Å²) in [6.07, 6.45) is 5.47. The lowest BCUT2D eigenvalue weighted by Crippen LogP contribution is -2.28. The van der Waals surface area contributed by atoms with Gasteiger partial charge in [0, 0.05) is 23.3 Å². The van der Waals surface area contributed by atoms with Crippen LogP contribution in [0, 0.1) is 5.92 Å². The van der Waals surface area contributed by atoms with Crippen molar-refractivity contribution in [3.05, 3.63) is 22.1 Å². The quantitative estimate of drug-likeness (QED) is 0.867. The maximum absolute atomic E-state index is 9.05. The summed E-state index contributed by atoms with van der Waals surface area (Å²) >= 11 is 9.55. The maximum atomic E-state index is 9.05. The van der Waals surface area contributed by atoms with E-state index in [-0.39, 0.29) is 6.61 Å². The summed E-state index contributed by atoms with van der Waals surface area (Å²) in [5.74, 6) is 0.425. The first-order valence-corrected chi connectivity index (χ1v) is 6.65. The van der Waals surface area contributed by atoms with Gasteiger partial charge in [0.2, 0.25) is 0 Å². The van der Waals surface area contributed by atoms with Gasteiger partial charge in [0.15, 0.2) is 0 Å². The van der Waals surface area contributed by atoms with Crippen molar-refractivity contribution in [1.82, 2.24) is 14.5 Å². The Bertz CT molecular complexity index is 565. The van der Waals surface area contributed by atoms with Crippen molar-refractivity contribution in [2.75, 3.05) is 6.61 Å². The third-order valence-electron chi connectivity index (χ3n) is 3.38. The molecule has 1 saturated carbocycles. The van der Waals surface area contributed by atoms with E-state index in [2.05, 4.69) is 30.5 Å². The Labute approximate surface area is 112 Å². The van der Waals surface area contributed by atoms with Gasteiger partial charge >= 0.3 is 0 Å². The Morgan fingerprint density at radius 3 is 2.94 bits per heavy atom. The molecule has 2 heterocycles. The first-order valence-electron chi connectivity index (χ1n) is 5.48. The fraction of sp³-hybridized carbons (Fsp3) is 0.455. The SMILES string of the molecule is OCC1CC(n2cc(Br)c3c(Cl)ncnc32)C1. The number of aliphatic hydroxyl groups excluding tert-OH is 1. The number of fused-ring (bicyclic) bond motifs is 1. The molecule has 0 aliphatic heterocycles. The van der Waals surface area contributed by atoms with Crippen LogP contribution < -0.4 is 0 Å². The third-order valence-corrected chi connectivity index (χ3v) is 4.27. The molecule has 0 bridgehead atoms. The number of hydrogen-bond acceptors (Lipinski definition) is 3. The van der Waals surface area contributed by atoms with Crippen LogP contribution in [0.25, 0.3) is 11.0 Å². The molecule has 0 aromatic carbocycles. The van der Waals surface area contributed by atoms with Gasteiger partial charge in [0.1, 0.15) is 17.1 Å². The second-order valence-corrected chi connectivity index (χ2v) is 5.63. The van der Waals surface area contributed by atoms with Crippen LogP contribution in [-0.2, 0) is 0 Å². The lowest BCUT2D eigenvalue weighted by molar-refractivity contribution is 0.114. The molecule has 90 valence electrons. The number of aliphatic hydroxyl groups is 1. The maximum Gasteiger partial charge on any atom is 0.146 e. The zero-order valence-electron chi connectivity index (χ0n) is 8.98. The second kappa shape index (κ2) is 4.23. The Morgan fingerprint density at radius 2 is 2.24 bits per heavy atom. The average molecular weight is 317 g/mol. The molecule has 2 aromatic heterocycles. The van der Waals surface area contributed by atoms with Gasteiger partial charge in [0.25, 0.3) is 0 Å². The van der Waals surface area contributed by atoms with Gasteiger partial charge in [-0.2, -0.15) is 0 Å². The van der Waals surface area contributed by atoms with Gasteiger partial charge in [-0.3, -0.25) is 0 Å². The molecule has 0 unspecified atom stereocenters. The average Bonchev–Trinajstić information content (AvgIpc) is 2.56. The predicted octanol–water partition coefficient (Wildman–Crippen LogP) is 2.79. The van der Waals surface area contributed by atoms with E-state index in [1.54, 1.807) is 0 Å². The number of rotatable bonds is 2. The van der Waals surface area contributed by atoms with E-state index in [9.17, 15) is 0 Å². The minimum Gasteiger partial charge on any atom is -0.396 e. The number of nitrogens with zero attached hydrogens (tertiary/aromatic N) is 3. The van der Waals surface area contributed by atoms with Crippen LogP contribution in [0.5, 0.6) is 0 Å². The molecule has 4 nitrogen and oxygen atoms in total. The van der Waals surface area contributed by atoms with Gasteiger partial charge in [0.05, 0.1) is 5.39 Å². The Balaban J connectivity index is 2.04. The smallest absolute Gasteiger partial charge is 0.146 e. The standard InChI is InChI=1S/C11H11BrClN3O/c12-8-3-16(7-1-6(2-7)4-17)11-9(8)10(13)14-5-15-11/h3,5-7,17H,1-2,4H2. The van der Waals surface area contributed by atoms with Crippen LogP contribution in [0.4, 0.5) is 0 Å². The van der Waals surface area contributed by atoms with E-state index in [1.165, 1.54) is 6.33 Å². The zero-order chi connectivity index (χ0) is 12.0. The van der Waals surface area contributed by atoms with Gasteiger partial charge in [-0.1, -0.05) is 11.6 Å². The van der Waals surface area contributed by atoms with Crippen molar-refractivity contribution >= 4 is 38.6 Å². The molecule has 1 aliphatic rings. The van der Waals surface area contributed by atoms with Crippen molar-refractivity contribution in [1.29, 1.82) is 0 Å². The van der Waals surface area contributed by atoms with Crippen LogP contribution in [0.3, 0.4) is 0 Å². The van der Waals surface area contributed by atoms with Gasteiger partial charge in [-0.25, -0.2) is 9.97 Å². The fourth-order valence-corrected chi connectivity index (χ4v) is 3.29. The molecule has 2 aromatic rings. The van der Waals surface area contributed by atoms with Gasteiger partial charge in [-0.05, 0) is 34.7 Å². The molecule has 17 heavy (non-hydrogen) atoms. The summed E-state index contributed by atoms with van der Waals surface area (Å²) in [7, 11) is 0. The molecular weight excluding hydrogens is 305 g/mol. The van der Waals surface area contributed by atoms with Crippen molar-refractivity contribution in [2.24, 2.45) is 5.92 Å². The van der Waals surface area contributed by atoms with Crippen molar-refractivity contribution in [3.63, 3.8) is 0 Å². The highest BCUT2D eigenvalue weighted by molar-refractivity contribution is 9.10. The lowest BCUT2D eigenvalue weighted by Gasteiger charge is -2.35. The summed E-state index contributed by atoms with van der Waals surface area (Å²) in [4.78, 5) is 8.28. The van der Waals surface area contributed by atoms with E-state index in [0.29, 0.717) is 17.1 Å². The zero-order valence-corrected chi connectivity index (χ0v) is 11.3. The van der Waals surface area contributed by atoms with Crippen LogP contribution in [0.15, 0.2) is 17.0 Å². The van der Waals surface area contributed by atoms with Gasteiger partial charge in [-0.15, -0.1) is 0 Å². The summed E-state index contributed by atoms with van der Waals surface area (Å²) in [6, 6.07) is 0.409. The summed E-state index contributed by atoms with van der Waals surface area (Å²) in [5, 5.41) is 10.4. The Kier molecular flexibility index (Phi) is 2.84. The highest BCUT2D eigenvalue weighted by Gasteiger charge is 2.31. The largest absolute Gasteiger partial charge is 0.396 e. The number of hydrogen-bond donors (Lipinski definition) is 1. The molecule has 0 saturated heterocycles. The van der Waals surface area contributed by atoms with Crippen LogP contribution >= 0.6 is 27.5 Å². The summed E-state index contributed by atoms with van der Waals surface area (Å²) in [6.45, 7) is 0.270. The van der Waals surface area contributed by atoms with E-state index < -0.39 is 0 Å². The van der Waals surface area contributed by atoms with Crippen molar-refractivity contribution in [2.45, 2.75) is 18.9 Å². The monoisotopic (exact) mass is 315 g/mol. The molecule has 0 atom stereocenters. The molecule has 0 spiro atoms. The van der Waals surface area contributed by atoms with E-state index in [4.69, 9.17) is 16.7 Å². The first-order chi connectivity index (χ1) is 8.20. The number of aromatic nitrogens is 3. The third kappa shape index (κ3) is 1.77. The molecule has 1 N–H and O–H groups in total. The lowest BCUT2D eigenvalue weighted by atomic mass is 9.81. The molecule has 1 fully saturated rings. The normalized spacial score (nSPS) is 23.9. The molecule has 0 amide bonds. The van der Waals surface area contributed by atoms with E-state index >= 15 is 0 Å². The van der Waals surface area contributed by atoms with Crippen molar-refractivity contribution < 1.29 is 5.11 Å². The minimum absolute atomic E-state index is 0.270. The summed E-state index contributed by atoms with van der Waals surface area (Å²) in [5.41, 5.74) is 0.860. The minimum atomic E-state index is 0.270. The topological polar surface area (TPSA) is 50.9 Å². The molecule has 6 heteroatoms. The van der Waals surface area contributed by atoms with Crippen LogP contribution in [0.2, 0.25) is 5.15 Å². The highest BCUT2D eigenvalue weighted by atomic mass is 79.9. The molecule has 0 radical (unpaired) electrons. The molecule has 1 aliphatic carbocycles.